The first-order valence-corrected chi connectivity index (χ1v) is 9.52. The van der Waals surface area contributed by atoms with Crippen molar-refractivity contribution in [3.63, 3.8) is 0 Å². The second-order valence-electron chi connectivity index (χ2n) is 7.45. The summed E-state index contributed by atoms with van der Waals surface area (Å²) < 4.78 is 5.82. The van der Waals surface area contributed by atoms with E-state index in [-0.39, 0.29) is 0 Å². The van der Waals surface area contributed by atoms with Crippen LogP contribution in [0.25, 0.3) is 11.2 Å². The number of amides is 1. The van der Waals surface area contributed by atoms with Crippen LogP contribution in [0.5, 0.6) is 0 Å². The second kappa shape index (κ2) is 7.80. The van der Waals surface area contributed by atoms with E-state index in [1.807, 2.05) is 0 Å². The summed E-state index contributed by atoms with van der Waals surface area (Å²) >= 11 is 0. The van der Waals surface area contributed by atoms with Crippen LogP contribution in [0.3, 0.4) is 0 Å². The molecule has 2 aromatic heterocycles. The van der Waals surface area contributed by atoms with Crippen molar-refractivity contribution < 1.29 is 24.9 Å². The van der Waals surface area contributed by atoms with E-state index in [4.69, 9.17) is 4.74 Å². The second-order valence-corrected chi connectivity index (χ2v) is 7.45. The first kappa shape index (κ1) is 19.9. The first-order chi connectivity index (χ1) is 13.8. The standard InChI is InChI=1S/C17H25N7O5/c1-6-9(23-16(28)10-8(25)3-4-18-10)12(26)13(27)17(29-6)24-15-11-14(19-5-20-15)22-7(2)21-11/h5-6,8-10,12-13,17-18,25-27H,3-4H2,1-2H3,(H,23,28)(H2,19,20,21,22,24)/t6-,8-,9-,10+,12+,13-,17-/m0/s1. The van der Waals surface area contributed by atoms with Crippen LogP contribution in [0.4, 0.5) is 5.82 Å². The van der Waals surface area contributed by atoms with E-state index in [1.165, 1.54) is 6.33 Å². The Kier molecular flexibility index (Phi) is 5.36. The summed E-state index contributed by atoms with van der Waals surface area (Å²) in [4.78, 5) is 27.9. The largest absolute Gasteiger partial charge is 0.391 e. The molecular formula is C17H25N7O5. The van der Waals surface area contributed by atoms with Crippen LogP contribution in [-0.2, 0) is 9.53 Å². The molecule has 7 atom stereocenters. The third-order valence-electron chi connectivity index (χ3n) is 5.36. The van der Waals surface area contributed by atoms with Gasteiger partial charge in [0.25, 0.3) is 0 Å². The molecule has 12 heteroatoms. The van der Waals surface area contributed by atoms with Gasteiger partial charge in [-0.3, -0.25) is 4.79 Å². The lowest BCUT2D eigenvalue weighted by Crippen LogP contribution is -2.65. The normalized spacial score (nSPS) is 35.0. The van der Waals surface area contributed by atoms with Gasteiger partial charge >= 0.3 is 0 Å². The fraction of sp³-hybridized carbons (Fsp3) is 0.647. The molecule has 0 saturated carbocycles. The van der Waals surface area contributed by atoms with Gasteiger partial charge in [0, 0.05) is 0 Å². The molecule has 0 aliphatic carbocycles. The van der Waals surface area contributed by atoms with Gasteiger partial charge in [0.1, 0.15) is 35.9 Å². The Balaban J connectivity index is 1.46. The van der Waals surface area contributed by atoms with E-state index >= 15 is 0 Å². The van der Waals surface area contributed by atoms with Crippen LogP contribution in [0.2, 0.25) is 0 Å². The minimum absolute atomic E-state index is 0.375. The minimum atomic E-state index is -1.34. The van der Waals surface area contributed by atoms with E-state index < -0.39 is 48.6 Å². The summed E-state index contributed by atoms with van der Waals surface area (Å²) in [6.07, 6.45) is -3.19. The average molecular weight is 407 g/mol. The average Bonchev–Trinajstić information content (AvgIpc) is 3.28. The van der Waals surface area contributed by atoms with E-state index in [0.29, 0.717) is 35.8 Å². The highest BCUT2D eigenvalue weighted by Gasteiger charge is 2.45. The molecule has 0 aromatic carbocycles. The number of aliphatic hydroxyl groups is 3. The van der Waals surface area contributed by atoms with Crippen LogP contribution in [0, 0.1) is 6.92 Å². The van der Waals surface area contributed by atoms with E-state index in [9.17, 15) is 20.1 Å². The van der Waals surface area contributed by atoms with Crippen molar-refractivity contribution >= 4 is 22.9 Å². The molecule has 158 valence electrons. The highest BCUT2D eigenvalue weighted by Crippen LogP contribution is 2.25. The molecule has 1 amide bonds. The van der Waals surface area contributed by atoms with Gasteiger partial charge in [0.15, 0.2) is 17.7 Å². The molecule has 0 bridgehead atoms. The summed E-state index contributed by atoms with van der Waals surface area (Å²) in [6, 6.07) is -1.59. The first-order valence-electron chi connectivity index (χ1n) is 9.52. The number of carbonyl (C=O) groups is 1. The Hall–Kier alpha value is -2.38. The molecule has 12 nitrogen and oxygen atoms in total. The van der Waals surface area contributed by atoms with Gasteiger partial charge in [-0.2, -0.15) is 0 Å². The molecule has 7 N–H and O–H groups in total. The summed E-state index contributed by atoms with van der Waals surface area (Å²) in [6.45, 7) is 4.00. The number of aliphatic hydroxyl groups excluding tert-OH is 3. The molecule has 2 aliphatic heterocycles. The number of fused-ring (bicyclic) bond motifs is 1. The highest BCUT2D eigenvalue weighted by atomic mass is 16.5. The fourth-order valence-electron chi connectivity index (χ4n) is 3.79. The van der Waals surface area contributed by atoms with Gasteiger partial charge in [-0.05, 0) is 26.8 Å². The van der Waals surface area contributed by atoms with E-state index in [1.54, 1.807) is 13.8 Å². The number of aromatic amines is 1. The number of nitrogens with one attached hydrogen (secondary N) is 4. The third kappa shape index (κ3) is 3.76. The van der Waals surface area contributed by atoms with Crippen molar-refractivity contribution in [2.75, 3.05) is 11.9 Å². The maximum atomic E-state index is 12.4. The van der Waals surface area contributed by atoms with Gasteiger partial charge in [0.2, 0.25) is 5.91 Å². The van der Waals surface area contributed by atoms with Crippen LogP contribution in [-0.4, -0.2) is 90.4 Å². The van der Waals surface area contributed by atoms with Crippen LogP contribution in [0.15, 0.2) is 6.33 Å². The number of aryl methyl sites for hydroxylation is 1. The molecule has 4 rings (SSSR count). The van der Waals surface area contributed by atoms with Crippen LogP contribution < -0.4 is 16.0 Å². The number of imidazole rings is 1. The maximum absolute atomic E-state index is 12.4. The Morgan fingerprint density at radius 1 is 1.28 bits per heavy atom. The zero-order valence-electron chi connectivity index (χ0n) is 16.0. The number of hydrogen-bond acceptors (Lipinski definition) is 10. The SMILES string of the molecule is Cc1nc2ncnc(N[C@H]3O[C@@H](C)[C@H](NC(=O)[C@@H]4NCC[C@@H]4O)[C@@H](O)[C@@H]3O)c2[nH]1. The number of nitrogens with zero attached hydrogens (tertiary/aromatic N) is 3. The number of hydrogen-bond donors (Lipinski definition) is 7. The van der Waals surface area contributed by atoms with Crippen molar-refractivity contribution in [3.8, 4) is 0 Å². The number of aromatic nitrogens is 4. The lowest BCUT2D eigenvalue weighted by molar-refractivity contribution is -0.173. The predicted molar refractivity (Wildman–Crippen MR) is 101 cm³/mol. The predicted octanol–water partition coefficient (Wildman–Crippen LogP) is -2.25. The Labute approximate surface area is 166 Å². The zero-order chi connectivity index (χ0) is 20.7. The molecule has 0 spiro atoms. The lowest BCUT2D eigenvalue weighted by atomic mass is 9.95. The van der Waals surface area contributed by atoms with Crippen molar-refractivity contribution in [2.45, 2.75) is 63.0 Å². The van der Waals surface area contributed by atoms with Gasteiger partial charge in [0.05, 0.1) is 18.2 Å². The smallest absolute Gasteiger partial charge is 0.240 e. The molecular weight excluding hydrogens is 382 g/mol. The molecule has 29 heavy (non-hydrogen) atoms. The molecule has 2 aliphatic rings. The molecule has 0 unspecified atom stereocenters. The lowest BCUT2D eigenvalue weighted by Gasteiger charge is -2.42. The topological polar surface area (TPSA) is 178 Å². The summed E-state index contributed by atoms with van der Waals surface area (Å²) in [5, 5.41) is 39.6. The van der Waals surface area contributed by atoms with Crippen molar-refractivity contribution in [1.82, 2.24) is 30.6 Å². The fourth-order valence-corrected chi connectivity index (χ4v) is 3.79. The zero-order valence-corrected chi connectivity index (χ0v) is 16.0. The molecule has 0 radical (unpaired) electrons. The number of anilines is 1. The Morgan fingerprint density at radius 3 is 2.79 bits per heavy atom. The molecule has 2 fully saturated rings. The molecule has 4 heterocycles. The molecule has 2 saturated heterocycles. The van der Waals surface area contributed by atoms with Gasteiger partial charge in [-0.15, -0.1) is 0 Å². The van der Waals surface area contributed by atoms with E-state index in [0.717, 1.165) is 0 Å². The Morgan fingerprint density at radius 2 is 2.07 bits per heavy atom. The van der Waals surface area contributed by atoms with Crippen molar-refractivity contribution in [1.29, 1.82) is 0 Å². The quantitative estimate of drug-likeness (QED) is 0.293. The minimum Gasteiger partial charge on any atom is -0.391 e. The number of H-pyrrole nitrogens is 1. The van der Waals surface area contributed by atoms with E-state index in [2.05, 4.69) is 35.9 Å². The van der Waals surface area contributed by atoms with Gasteiger partial charge in [-0.1, -0.05) is 0 Å². The highest BCUT2D eigenvalue weighted by molar-refractivity contribution is 5.83. The van der Waals surface area contributed by atoms with Crippen LogP contribution in [0.1, 0.15) is 19.2 Å². The summed E-state index contributed by atoms with van der Waals surface area (Å²) in [5.74, 6) is 0.589. The van der Waals surface area contributed by atoms with Crippen LogP contribution >= 0.6 is 0 Å². The van der Waals surface area contributed by atoms with Gasteiger partial charge < -0.3 is 41.0 Å². The summed E-state index contributed by atoms with van der Waals surface area (Å²) in [5.41, 5.74) is 1.02. The maximum Gasteiger partial charge on any atom is 0.240 e. The van der Waals surface area contributed by atoms with Crippen molar-refractivity contribution in [2.24, 2.45) is 0 Å². The monoisotopic (exact) mass is 407 g/mol. The number of carbonyl (C=O) groups excluding carboxylic acids is 1. The number of ether oxygens (including phenoxy) is 1. The molecule has 2 aromatic rings. The van der Waals surface area contributed by atoms with Crippen molar-refractivity contribution in [3.05, 3.63) is 12.2 Å². The van der Waals surface area contributed by atoms with Gasteiger partial charge in [-0.25, -0.2) is 15.0 Å². The third-order valence-corrected chi connectivity index (χ3v) is 5.36. The number of rotatable bonds is 4. The summed E-state index contributed by atoms with van der Waals surface area (Å²) in [7, 11) is 0. The Bertz CT molecular complexity index is 892.